The quantitative estimate of drug-likeness (QED) is 0.850. The van der Waals surface area contributed by atoms with Crippen molar-refractivity contribution in [3.05, 3.63) is 36.0 Å². The minimum absolute atomic E-state index is 0.348. The molecular weight excluding hydrogens is 200 g/mol. The summed E-state index contributed by atoms with van der Waals surface area (Å²) in [6.45, 7) is 2.14. The van der Waals surface area contributed by atoms with Gasteiger partial charge in [-0.3, -0.25) is 0 Å². The van der Waals surface area contributed by atoms with Crippen LogP contribution in [-0.2, 0) is 7.05 Å². The Bertz CT molecular complexity index is 475. The van der Waals surface area contributed by atoms with Crippen LogP contribution in [0.5, 0.6) is 0 Å². The van der Waals surface area contributed by atoms with Crippen LogP contribution in [0, 0.1) is 0 Å². The Labute approximate surface area is 95.3 Å². The molecule has 0 aliphatic heterocycles. The molecule has 0 fully saturated rings. The fourth-order valence-electron chi connectivity index (χ4n) is 1.69. The number of hydrogen-bond acceptors (Lipinski definition) is 3. The third-order valence-corrected chi connectivity index (χ3v) is 2.83. The first kappa shape index (κ1) is 10.8. The maximum absolute atomic E-state index is 3.94. The van der Waals surface area contributed by atoms with Gasteiger partial charge < -0.3 is 5.32 Å². The lowest BCUT2D eigenvalue weighted by Gasteiger charge is -2.11. The normalized spacial score (nSPS) is 12.7. The van der Waals surface area contributed by atoms with Gasteiger partial charge in [0, 0.05) is 18.7 Å². The Balaban J connectivity index is 2.40. The van der Waals surface area contributed by atoms with Gasteiger partial charge in [0.05, 0.1) is 11.9 Å². The average molecular weight is 216 g/mol. The molecule has 1 atom stereocenters. The highest BCUT2D eigenvalue weighted by atomic mass is 15.4. The van der Waals surface area contributed by atoms with E-state index in [1.54, 1.807) is 10.9 Å². The number of rotatable bonds is 3. The summed E-state index contributed by atoms with van der Waals surface area (Å²) in [5.41, 5.74) is 3.44. The average Bonchev–Trinajstić information content (AvgIpc) is 2.74. The van der Waals surface area contributed by atoms with E-state index in [4.69, 9.17) is 0 Å². The molecular formula is C12H16N4. The van der Waals surface area contributed by atoms with E-state index in [2.05, 4.69) is 46.8 Å². The Kier molecular flexibility index (Phi) is 3.01. The van der Waals surface area contributed by atoms with Crippen LogP contribution in [0.2, 0.25) is 0 Å². The molecule has 1 N–H and O–H groups in total. The standard InChI is InChI=1S/C12H16N4/c1-9(13-2)10-5-4-6-11(7-10)12-8-14-15-16(12)3/h4-9,13H,1-3H3. The third kappa shape index (κ3) is 1.97. The molecule has 1 aromatic carbocycles. The van der Waals surface area contributed by atoms with Gasteiger partial charge in [0.1, 0.15) is 0 Å². The molecule has 84 valence electrons. The molecule has 4 nitrogen and oxygen atoms in total. The first-order valence-electron chi connectivity index (χ1n) is 5.34. The Morgan fingerprint density at radius 1 is 1.38 bits per heavy atom. The molecule has 16 heavy (non-hydrogen) atoms. The van der Waals surface area contributed by atoms with Gasteiger partial charge in [0.25, 0.3) is 0 Å². The van der Waals surface area contributed by atoms with Gasteiger partial charge in [-0.25, -0.2) is 4.68 Å². The number of hydrogen-bond donors (Lipinski definition) is 1. The van der Waals surface area contributed by atoms with Crippen LogP contribution in [0.25, 0.3) is 11.3 Å². The van der Waals surface area contributed by atoms with Crippen LogP contribution in [0.4, 0.5) is 0 Å². The Hall–Kier alpha value is -1.68. The highest BCUT2D eigenvalue weighted by molar-refractivity contribution is 5.59. The van der Waals surface area contributed by atoms with E-state index < -0.39 is 0 Å². The zero-order chi connectivity index (χ0) is 11.5. The molecule has 1 heterocycles. The molecule has 2 rings (SSSR count). The fourth-order valence-corrected chi connectivity index (χ4v) is 1.69. The van der Waals surface area contributed by atoms with Crippen molar-refractivity contribution in [2.45, 2.75) is 13.0 Å². The van der Waals surface area contributed by atoms with Crippen LogP contribution in [0.1, 0.15) is 18.5 Å². The Morgan fingerprint density at radius 2 is 2.19 bits per heavy atom. The third-order valence-electron chi connectivity index (χ3n) is 2.83. The molecule has 0 spiro atoms. The summed E-state index contributed by atoms with van der Waals surface area (Å²) >= 11 is 0. The van der Waals surface area contributed by atoms with Crippen molar-refractivity contribution in [3.63, 3.8) is 0 Å². The summed E-state index contributed by atoms with van der Waals surface area (Å²) in [5.74, 6) is 0. The molecule has 0 bridgehead atoms. The van der Waals surface area contributed by atoms with Gasteiger partial charge in [0.15, 0.2) is 0 Å². The summed E-state index contributed by atoms with van der Waals surface area (Å²) in [4.78, 5) is 0. The van der Waals surface area contributed by atoms with Gasteiger partial charge >= 0.3 is 0 Å². The smallest absolute Gasteiger partial charge is 0.0882 e. The number of benzene rings is 1. The molecule has 0 amide bonds. The summed E-state index contributed by atoms with van der Waals surface area (Å²) in [6, 6.07) is 8.77. The number of nitrogens with one attached hydrogen (secondary N) is 1. The van der Waals surface area contributed by atoms with Gasteiger partial charge in [-0.2, -0.15) is 0 Å². The van der Waals surface area contributed by atoms with Crippen molar-refractivity contribution in [1.82, 2.24) is 20.3 Å². The van der Waals surface area contributed by atoms with E-state index in [1.807, 2.05) is 14.1 Å². The van der Waals surface area contributed by atoms with Gasteiger partial charge in [0.2, 0.25) is 0 Å². The lowest BCUT2D eigenvalue weighted by molar-refractivity contribution is 0.652. The first-order chi connectivity index (χ1) is 7.72. The van der Waals surface area contributed by atoms with Crippen LogP contribution < -0.4 is 5.32 Å². The van der Waals surface area contributed by atoms with E-state index in [9.17, 15) is 0 Å². The second-order valence-corrected chi connectivity index (χ2v) is 3.88. The molecule has 0 radical (unpaired) electrons. The fraction of sp³-hybridized carbons (Fsp3) is 0.333. The number of aromatic nitrogens is 3. The molecule has 0 aliphatic rings. The maximum Gasteiger partial charge on any atom is 0.0882 e. The van der Waals surface area contributed by atoms with E-state index in [0.717, 1.165) is 11.3 Å². The van der Waals surface area contributed by atoms with E-state index >= 15 is 0 Å². The summed E-state index contributed by atoms with van der Waals surface area (Å²) in [5, 5.41) is 11.1. The molecule has 0 saturated heterocycles. The van der Waals surface area contributed by atoms with Crippen molar-refractivity contribution in [1.29, 1.82) is 0 Å². The monoisotopic (exact) mass is 216 g/mol. The SMILES string of the molecule is CNC(C)c1cccc(-c2cnnn2C)c1. The predicted molar refractivity (Wildman–Crippen MR) is 63.9 cm³/mol. The van der Waals surface area contributed by atoms with Crippen molar-refractivity contribution >= 4 is 0 Å². The minimum atomic E-state index is 0.348. The zero-order valence-corrected chi connectivity index (χ0v) is 9.81. The van der Waals surface area contributed by atoms with Crippen molar-refractivity contribution in [3.8, 4) is 11.3 Å². The highest BCUT2D eigenvalue weighted by Gasteiger charge is 2.07. The van der Waals surface area contributed by atoms with Crippen LogP contribution >= 0.6 is 0 Å². The van der Waals surface area contributed by atoms with Crippen molar-refractivity contribution < 1.29 is 0 Å². The number of nitrogens with zero attached hydrogens (tertiary/aromatic N) is 3. The van der Waals surface area contributed by atoms with E-state index in [0.29, 0.717) is 6.04 Å². The summed E-state index contributed by atoms with van der Waals surface area (Å²) in [7, 11) is 3.86. The molecule has 0 saturated carbocycles. The lowest BCUT2D eigenvalue weighted by atomic mass is 10.0. The highest BCUT2D eigenvalue weighted by Crippen LogP contribution is 2.21. The molecule has 1 unspecified atom stereocenters. The summed E-state index contributed by atoms with van der Waals surface area (Å²) in [6.07, 6.45) is 1.78. The van der Waals surface area contributed by atoms with E-state index in [-0.39, 0.29) is 0 Å². The zero-order valence-electron chi connectivity index (χ0n) is 9.81. The van der Waals surface area contributed by atoms with Crippen LogP contribution in [0.15, 0.2) is 30.5 Å². The largest absolute Gasteiger partial charge is 0.313 e. The van der Waals surface area contributed by atoms with Crippen molar-refractivity contribution in [2.75, 3.05) is 7.05 Å². The van der Waals surface area contributed by atoms with Crippen LogP contribution in [-0.4, -0.2) is 22.0 Å². The molecule has 1 aromatic heterocycles. The van der Waals surface area contributed by atoms with Gasteiger partial charge in [-0.05, 0) is 25.6 Å². The topological polar surface area (TPSA) is 42.7 Å². The van der Waals surface area contributed by atoms with E-state index in [1.165, 1.54) is 5.56 Å². The van der Waals surface area contributed by atoms with Gasteiger partial charge in [-0.1, -0.05) is 23.4 Å². The number of aryl methyl sites for hydroxylation is 1. The predicted octanol–water partition coefficient (Wildman–Crippen LogP) is 1.76. The second-order valence-electron chi connectivity index (χ2n) is 3.88. The van der Waals surface area contributed by atoms with Crippen LogP contribution in [0.3, 0.4) is 0 Å². The maximum atomic E-state index is 3.94. The Morgan fingerprint density at radius 3 is 2.81 bits per heavy atom. The van der Waals surface area contributed by atoms with Crippen molar-refractivity contribution in [2.24, 2.45) is 7.05 Å². The first-order valence-corrected chi connectivity index (χ1v) is 5.34. The second kappa shape index (κ2) is 4.45. The van der Waals surface area contributed by atoms with Gasteiger partial charge in [-0.15, -0.1) is 5.10 Å². The summed E-state index contributed by atoms with van der Waals surface area (Å²) < 4.78 is 1.78. The molecule has 0 aliphatic carbocycles. The molecule has 2 aromatic rings. The minimum Gasteiger partial charge on any atom is -0.313 e. The lowest BCUT2D eigenvalue weighted by Crippen LogP contribution is -2.12. The molecule has 4 heteroatoms.